The monoisotopic (exact) mass is 414 g/mol. The summed E-state index contributed by atoms with van der Waals surface area (Å²) >= 11 is 0. The summed E-state index contributed by atoms with van der Waals surface area (Å²) in [5, 5.41) is 2.77. The Morgan fingerprint density at radius 1 is 1.17 bits per heavy atom. The first-order valence-corrected chi connectivity index (χ1v) is 9.67. The molecule has 1 heterocycles. The maximum Gasteiger partial charge on any atom is 0.391 e. The molecule has 1 atom stereocenters. The summed E-state index contributed by atoms with van der Waals surface area (Å²) in [6, 6.07) is 4.35. The van der Waals surface area contributed by atoms with E-state index in [-0.39, 0.29) is 30.8 Å². The Morgan fingerprint density at radius 3 is 2.41 bits per heavy atom. The Balaban J connectivity index is 1.65. The highest BCUT2D eigenvalue weighted by Crippen LogP contribution is 2.39. The van der Waals surface area contributed by atoms with Crippen LogP contribution in [0.4, 0.5) is 18.9 Å². The lowest BCUT2D eigenvalue weighted by Crippen LogP contribution is -2.38. The van der Waals surface area contributed by atoms with Gasteiger partial charge in [-0.3, -0.25) is 9.59 Å². The van der Waals surface area contributed by atoms with Crippen molar-refractivity contribution in [2.45, 2.75) is 56.8 Å². The van der Waals surface area contributed by atoms with E-state index in [9.17, 15) is 22.8 Å². The number of likely N-dealkylation sites (tertiary alicyclic amines) is 1. The van der Waals surface area contributed by atoms with Crippen LogP contribution in [0.25, 0.3) is 0 Å². The van der Waals surface area contributed by atoms with Crippen molar-refractivity contribution < 1.29 is 32.2 Å². The summed E-state index contributed by atoms with van der Waals surface area (Å²) in [7, 11) is 3.06. The van der Waals surface area contributed by atoms with Gasteiger partial charge in [0, 0.05) is 19.5 Å². The van der Waals surface area contributed by atoms with Gasteiger partial charge in [0.05, 0.1) is 24.8 Å². The molecule has 1 aromatic carbocycles. The molecule has 0 unspecified atom stereocenters. The van der Waals surface area contributed by atoms with Crippen molar-refractivity contribution in [3.63, 3.8) is 0 Å². The predicted molar refractivity (Wildman–Crippen MR) is 99.8 cm³/mol. The fourth-order valence-electron chi connectivity index (χ4n) is 3.89. The third kappa shape index (κ3) is 4.94. The lowest BCUT2D eigenvalue weighted by Gasteiger charge is -2.30. The molecule has 2 fully saturated rings. The summed E-state index contributed by atoms with van der Waals surface area (Å²) in [6.07, 6.45) is -2.93. The molecule has 1 N–H and O–H groups in total. The maximum absolute atomic E-state index is 12.8. The topological polar surface area (TPSA) is 67.9 Å². The van der Waals surface area contributed by atoms with Gasteiger partial charge in [0.2, 0.25) is 11.8 Å². The van der Waals surface area contributed by atoms with Gasteiger partial charge in [-0.25, -0.2) is 0 Å². The van der Waals surface area contributed by atoms with Crippen LogP contribution in [-0.2, 0) is 9.59 Å². The van der Waals surface area contributed by atoms with Crippen LogP contribution in [0.3, 0.4) is 0 Å². The fraction of sp³-hybridized carbons (Fsp3) is 0.600. The number of anilines is 1. The molecule has 1 saturated heterocycles. The van der Waals surface area contributed by atoms with Gasteiger partial charge in [0.1, 0.15) is 17.5 Å². The summed E-state index contributed by atoms with van der Waals surface area (Å²) in [5.41, 5.74) is 0.395. The number of ether oxygens (including phenoxy) is 2. The quantitative estimate of drug-likeness (QED) is 0.797. The standard InChI is InChI=1S/C20H25F3N2O4/c1-25-16(8-10-18(25)26)19(27)24-15-11-14(7-9-17(15)28-2)29-13-5-3-12(4-6-13)20(21,22)23/h7,9,11-13,16H,3-6,8,10H2,1-2H3,(H,24,27)/t12-,13+,16-/m1/s1. The van der Waals surface area contributed by atoms with E-state index in [0.717, 1.165) is 0 Å². The van der Waals surface area contributed by atoms with Crippen LogP contribution in [0.2, 0.25) is 0 Å². The molecule has 160 valence electrons. The Kier molecular flexibility index (Phi) is 6.24. The number of methoxy groups -OCH3 is 1. The van der Waals surface area contributed by atoms with Gasteiger partial charge in [0.25, 0.3) is 0 Å². The number of carbonyl (C=O) groups is 2. The number of alkyl halides is 3. The van der Waals surface area contributed by atoms with Gasteiger partial charge in [-0.05, 0) is 44.2 Å². The van der Waals surface area contributed by atoms with Crippen molar-refractivity contribution in [2.75, 3.05) is 19.5 Å². The zero-order valence-electron chi connectivity index (χ0n) is 16.4. The number of likely N-dealkylation sites (N-methyl/N-ethyl adjacent to an activating group) is 1. The number of amides is 2. The van der Waals surface area contributed by atoms with Crippen molar-refractivity contribution in [1.29, 1.82) is 0 Å². The molecule has 1 aromatic rings. The molecule has 29 heavy (non-hydrogen) atoms. The van der Waals surface area contributed by atoms with Gasteiger partial charge in [-0.15, -0.1) is 0 Å². The van der Waals surface area contributed by atoms with Crippen LogP contribution in [0.1, 0.15) is 38.5 Å². The van der Waals surface area contributed by atoms with Crippen LogP contribution in [-0.4, -0.2) is 49.2 Å². The average molecular weight is 414 g/mol. The Labute approximate surface area is 167 Å². The number of nitrogens with zero attached hydrogens (tertiary/aromatic N) is 1. The molecular formula is C20H25F3N2O4. The van der Waals surface area contributed by atoms with Crippen molar-refractivity contribution >= 4 is 17.5 Å². The summed E-state index contributed by atoms with van der Waals surface area (Å²) in [6.45, 7) is 0. The van der Waals surface area contributed by atoms with E-state index in [1.54, 1.807) is 25.2 Å². The van der Waals surface area contributed by atoms with Crippen LogP contribution in [0.5, 0.6) is 11.5 Å². The summed E-state index contributed by atoms with van der Waals surface area (Å²) in [5.74, 6) is -0.784. The van der Waals surface area contributed by atoms with Gasteiger partial charge in [-0.1, -0.05) is 0 Å². The molecule has 6 nitrogen and oxygen atoms in total. The van der Waals surface area contributed by atoms with Crippen molar-refractivity contribution in [2.24, 2.45) is 5.92 Å². The Bertz CT molecular complexity index is 761. The highest BCUT2D eigenvalue weighted by molar-refractivity contribution is 5.99. The van der Waals surface area contributed by atoms with Crippen molar-refractivity contribution in [3.05, 3.63) is 18.2 Å². The highest BCUT2D eigenvalue weighted by atomic mass is 19.4. The third-order valence-electron chi connectivity index (χ3n) is 5.66. The minimum absolute atomic E-state index is 0.0515. The predicted octanol–water partition coefficient (Wildman–Crippen LogP) is 3.75. The number of benzene rings is 1. The molecule has 0 spiro atoms. The van der Waals surface area contributed by atoms with E-state index in [1.165, 1.54) is 12.0 Å². The Morgan fingerprint density at radius 2 is 1.86 bits per heavy atom. The second-order valence-corrected chi connectivity index (χ2v) is 7.54. The molecule has 0 bridgehead atoms. The first-order chi connectivity index (χ1) is 13.7. The first kappa shape index (κ1) is 21.3. The van der Waals surface area contributed by atoms with Gasteiger partial charge in [-0.2, -0.15) is 13.2 Å². The van der Waals surface area contributed by atoms with Crippen LogP contribution in [0.15, 0.2) is 18.2 Å². The van der Waals surface area contributed by atoms with E-state index in [4.69, 9.17) is 9.47 Å². The molecule has 2 amide bonds. The summed E-state index contributed by atoms with van der Waals surface area (Å²) < 4.78 is 49.6. The van der Waals surface area contributed by atoms with Gasteiger partial charge < -0.3 is 19.7 Å². The number of hydrogen-bond donors (Lipinski definition) is 1. The molecule has 1 saturated carbocycles. The lowest BCUT2D eigenvalue weighted by molar-refractivity contribution is -0.185. The van der Waals surface area contributed by atoms with Crippen LogP contribution in [0, 0.1) is 5.92 Å². The van der Waals surface area contributed by atoms with E-state index >= 15 is 0 Å². The van der Waals surface area contributed by atoms with E-state index in [2.05, 4.69) is 5.32 Å². The number of halogens is 3. The minimum atomic E-state index is -4.16. The molecule has 3 rings (SSSR count). The minimum Gasteiger partial charge on any atom is -0.495 e. The maximum atomic E-state index is 12.8. The molecule has 0 aromatic heterocycles. The Hall–Kier alpha value is -2.45. The largest absolute Gasteiger partial charge is 0.495 e. The number of carbonyl (C=O) groups excluding carboxylic acids is 2. The molecule has 9 heteroatoms. The van der Waals surface area contributed by atoms with E-state index in [1.807, 2.05) is 0 Å². The van der Waals surface area contributed by atoms with Crippen molar-refractivity contribution in [1.82, 2.24) is 4.90 Å². The first-order valence-electron chi connectivity index (χ1n) is 9.67. The normalized spacial score (nSPS) is 25.1. The molecule has 1 aliphatic heterocycles. The van der Waals surface area contributed by atoms with E-state index < -0.39 is 18.1 Å². The zero-order valence-corrected chi connectivity index (χ0v) is 16.4. The number of rotatable bonds is 5. The number of hydrogen-bond acceptors (Lipinski definition) is 4. The zero-order chi connectivity index (χ0) is 21.2. The van der Waals surface area contributed by atoms with E-state index in [0.29, 0.717) is 42.9 Å². The molecule has 2 aliphatic rings. The highest BCUT2D eigenvalue weighted by Gasteiger charge is 2.41. The lowest BCUT2D eigenvalue weighted by atomic mass is 9.87. The van der Waals surface area contributed by atoms with Gasteiger partial charge in [0.15, 0.2) is 0 Å². The second-order valence-electron chi connectivity index (χ2n) is 7.54. The van der Waals surface area contributed by atoms with Crippen LogP contribution >= 0.6 is 0 Å². The second kappa shape index (κ2) is 8.51. The molecule has 1 aliphatic carbocycles. The molecular weight excluding hydrogens is 389 g/mol. The smallest absolute Gasteiger partial charge is 0.391 e. The summed E-state index contributed by atoms with van der Waals surface area (Å²) in [4.78, 5) is 25.6. The van der Waals surface area contributed by atoms with Gasteiger partial charge >= 0.3 is 6.18 Å². The fourth-order valence-corrected chi connectivity index (χ4v) is 3.89. The van der Waals surface area contributed by atoms with Crippen molar-refractivity contribution in [3.8, 4) is 11.5 Å². The third-order valence-corrected chi connectivity index (χ3v) is 5.66. The molecule has 0 radical (unpaired) electrons. The average Bonchev–Trinajstić information content (AvgIpc) is 3.00. The van der Waals surface area contributed by atoms with Crippen LogP contribution < -0.4 is 14.8 Å². The number of nitrogens with one attached hydrogen (secondary N) is 1. The SMILES string of the molecule is COc1ccc(O[C@H]2CC[C@@H](C(F)(F)F)CC2)cc1NC(=O)[C@H]1CCC(=O)N1C.